The first kappa shape index (κ1) is 16.3. The van der Waals surface area contributed by atoms with Crippen LogP contribution >= 0.6 is 0 Å². The van der Waals surface area contributed by atoms with Crippen LogP contribution in [0.3, 0.4) is 0 Å². The molecule has 1 saturated carbocycles. The molecule has 2 fully saturated rings. The summed E-state index contributed by atoms with van der Waals surface area (Å²) in [5, 5.41) is 22.1. The Hall–Kier alpha value is -1.12. The third-order valence-corrected chi connectivity index (χ3v) is 4.91. The quantitative estimate of drug-likeness (QED) is 0.769. The van der Waals surface area contributed by atoms with E-state index in [2.05, 4.69) is 16.3 Å². The average molecular weight is 293 g/mol. The Morgan fingerprint density at radius 3 is 2.62 bits per heavy atom. The maximum atomic E-state index is 12.3. The van der Waals surface area contributed by atoms with Crippen molar-refractivity contribution in [3.63, 3.8) is 0 Å². The van der Waals surface area contributed by atoms with Crippen LogP contribution in [0.5, 0.6) is 0 Å². The SMILES string of the molecule is CC(O)C1CCN(CC(=O)NC2(C#N)CCCCCC2)C1. The molecule has 0 aromatic heterocycles. The van der Waals surface area contributed by atoms with Gasteiger partial charge in [0.25, 0.3) is 0 Å². The molecular formula is C16H27N3O2. The summed E-state index contributed by atoms with van der Waals surface area (Å²) in [7, 11) is 0. The van der Waals surface area contributed by atoms with Crippen LogP contribution in [-0.4, -0.2) is 47.2 Å². The van der Waals surface area contributed by atoms with Crippen molar-refractivity contribution in [2.24, 2.45) is 5.92 Å². The average Bonchev–Trinajstić information content (AvgIpc) is 2.78. The van der Waals surface area contributed by atoms with Crippen molar-refractivity contribution in [1.29, 1.82) is 5.26 Å². The molecule has 1 aliphatic heterocycles. The van der Waals surface area contributed by atoms with Crippen molar-refractivity contribution in [2.75, 3.05) is 19.6 Å². The summed E-state index contributed by atoms with van der Waals surface area (Å²) >= 11 is 0. The summed E-state index contributed by atoms with van der Waals surface area (Å²) in [5.41, 5.74) is -0.656. The van der Waals surface area contributed by atoms with Gasteiger partial charge in [-0.05, 0) is 38.6 Å². The molecule has 2 rings (SSSR count). The Bertz CT molecular complexity index is 395. The van der Waals surface area contributed by atoms with Crippen LogP contribution in [0, 0.1) is 17.2 Å². The van der Waals surface area contributed by atoms with Gasteiger partial charge in [0.1, 0.15) is 5.54 Å². The number of nitrogens with one attached hydrogen (secondary N) is 1. The molecule has 2 N–H and O–H groups in total. The smallest absolute Gasteiger partial charge is 0.235 e. The Labute approximate surface area is 127 Å². The molecule has 1 saturated heterocycles. The van der Waals surface area contributed by atoms with Crippen molar-refractivity contribution < 1.29 is 9.90 Å². The molecule has 2 atom stereocenters. The highest BCUT2D eigenvalue weighted by molar-refractivity contribution is 5.79. The predicted molar refractivity (Wildman–Crippen MR) is 80.4 cm³/mol. The fourth-order valence-corrected chi connectivity index (χ4v) is 3.51. The second-order valence-corrected chi connectivity index (χ2v) is 6.68. The van der Waals surface area contributed by atoms with Crippen LogP contribution in [0.15, 0.2) is 0 Å². The van der Waals surface area contributed by atoms with E-state index < -0.39 is 5.54 Å². The first-order valence-electron chi connectivity index (χ1n) is 8.17. The highest BCUT2D eigenvalue weighted by atomic mass is 16.3. The number of nitriles is 1. The van der Waals surface area contributed by atoms with Gasteiger partial charge in [-0.15, -0.1) is 0 Å². The van der Waals surface area contributed by atoms with E-state index in [9.17, 15) is 15.2 Å². The van der Waals surface area contributed by atoms with Crippen molar-refractivity contribution in [3.8, 4) is 6.07 Å². The normalized spacial score (nSPS) is 27.6. The van der Waals surface area contributed by atoms with E-state index in [0.717, 1.165) is 58.0 Å². The number of carbonyl (C=O) groups excluding carboxylic acids is 1. The summed E-state index contributed by atoms with van der Waals surface area (Å²) in [6, 6.07) is 2.35. The van der Waals surface area contributed by atoms with Gasteiger partial charge in [0.05, 0.1) is 18.7 Å². The monoisotopic (exact) mass is 293 g/mol. The Morgan fingerprint density at radius 1 is 1.43 bits per heavy atom. The van der Waals surface area contributed by atoms with Crippen LogP contribution in [0.2, 0.25) is 0 Å². The number of carbonyl (C=O) groups is 1. The molecule has 5 heteroatoms. The van der Waals surface area contributed by atoms with Crippen LogP contribution in [-0.2, 0) is 4.79 Å². The third kappa shape index (κ3) is 4.42. The molecule has 2 aliphatic rings. The van der Waals surface area contributed by atoms with Gasteiger partial charge >= 0.3 is 0 Å². The number of rotatable bonds is 4. The summed E-state index contributed by atoms with van der Waals surface area (Å²) in [6.07, 6.45) is 6.50. The molecule has 0 radical (unpaired) electrons. The zero-order chi connectivity index (χ0) is 15.3. The number of aliphatic hydroxyl groups excluding tert-OH is 1. The Balaban J connectivity index is 1.85. The van der Waals surface area contributed by atoms with Gasteiger partial charge < -0.3 is 10.4 Å². The minimum Gasteiger partial charge on any atom is -0.393 e. The van der Waals surface area contributed by atoms with Gasteiger partial charge in [-0.1, -0.05) is 25.7 Å². The topological polar surface area (TPSA) is 76.4 Å². The maximum Gasteiger partial charge on any atom is 0.235 e. The molecule has 0 aromatic carbocycles. The number of likely N-dealkylation sites (tertiary alicyclic amines) is 1. The van der Waals surface area contributed by atoms with Crippen LogP contribution in [0.4, 0.5) is 0 Å². The second kappa shape index (κ2) is 7.24. The zero-order valence-corrected chi connectivity index (χ0v) is 13.0. The lowest BCUT2D eigenvalue weighted by molar-refractivity contribution is -0.123. The molecule has 5 nitrogen and oxygen atoms in total. The number of aliphatic hydroxyl groups is 1. The van der Waals surface area contributed by atoms with E-state index in [1.807, 2.05) is 6.92 Å². The summed E-state index contributed by atoms with van der Waals surface area (Å²) in [4.78, 5) is 14.3. The van der Waals surface area contributed by atoms with Gasteiger partial charge in [0.2, 0.25) is 5.91 Å². The summed E-state index contributed by atoms with van der Waals surface area (Å²) in [6.45, 7) is 3.77. The minimum atomic E-state index is -0.656. The minimum absolute atomic E-state index is 0.0512. The summed E-state index contributed by atoms with van der Waals surface area (Å²) < 4.78 is 0. The maximum absolute atomic E-state index is 12.3. The van der Waals surface area contributed by atoms with Crippen molar-refractivity contribution in [1.82, 2.24) is 10.2 Å². The van der Waals surface area contributed by atoms with Gasteiger partial charge in [0.15, 0.2) is 0 Å². The number of hydrogen-bond acceptors (Lipinski definition) is 4. The molecule has 1 amide bonds. The third-order valence-electron chi connectivity index (χ3n) is 4.91. The zero-order valence-electron chi connectivity index (χ0n) is 13.0. The molecule has 1 aliphatic carbocycles. The lowest BCUT2D eigenvalue weighted by atomic mass is 9.92. The molecule has 0 bridgehead atoms. The molecule has 0 spiro atoms. The number of amides is 1. The van der Waals surface area contributed by atoms with Crippen molar-refractivity contribution in [2.45, 2.75) is 63.5 Å². The highest BCUT2D eigenvalue weighted by Crippen LogP contribution is 2.26. The Morgan fingerprint density at radius 2 is 2.10 bits per heavy atom. The molecule has 1 heterocycles. The van der Waals surface area contributed by atoms with Gasteiger partial charge in [-0.25, -0.2) is 0 Å². The van der Waals surface area contributed by atoms with Gasteiger partial charge in [-0.3, -0.25) is 9.69 Å². The first-order chi connectivity index (χ1) is 10.0. The highest BCUT2D eigenvalue weighted by Gasteiger charge is 2.34. The fraction of sp³-hybridized carbons (Fsp3) is 0.875. The molecular weight excluding hydrogens is 266 g/mol. The lowest BCUT2D eigenvalue weighted by Gasteiger charge is -2.27. The van der Waals surface area contributed by atoms with E-state index in [1.165, 1.54) is 0 Å². The second-order valence-electron chi connectivity index (χ2n) is 6.68. The summed E-state index contributed by atoms with van der Waals surface area (Å²) in [5.74, 6) is 0.213. The molecule has 118 valence electrons. The first-order valence-corrected chi connectivity index (χ1v) is 8.17. The van der Waals surface area contributed by atoms with Gasteiger partial charge in [-0.2, -0.15) is 5.26 Å². The number of hydrogen-bond donors (Lipinski definition) is 2. The van der Waals surface area contributed by atoms with Crippen LogP contribution < -0.4 is 5.32 Å². The van der Waals surface area contributed by atoms with Crippen molar-refractivity contribution >= 4 is 5.91 Å². The van der Waals surface area contributed by atoms with E-state index in [-0.39, 0.29) is 17.9 Å². The van der Waals surface area contributed by atoms with E-state index in [1.54, 1.807) is 0 Å². The van der Waals surface area contributed by atoms with E-state index in [4.69, 9.17) is 0 Å². The largest absolute Gasteiger partial charge is 0.393 e. The Kier molecular flexibility index (Phi) is 5.60. The van der Waals surface area contributed by atoms with Crippen LogP contribution in [0.1, 0.15) is 51.9 Å². The predicted octanol–water partition coefficient (Wildman–Crippen LogP) is 1.42. The van der Waals surface area contributed by atoms with E-state index >= 15 is 0 Å². The fourth-order valence-electron chi connectivity index (χ4n) is 3.51. The molecule has 0 aromatic rings. The molecule has 2 unspecified atom stereocenters. The molecule has 21 heavy (non-hydrogen) atoms. The lowest BCUT2D eigenvalue weighted by Crippen LogP contribution is -2.50. The van der Waals surface area contributed by atoms with E-state index in [0.29, 0.717) is 6.54 Å². The standard InChI is InChI=1S/C16H27N3O2/c1-13(20)14-6-9-19(10-14)11-15(21)18-16(12-17)7-4-2-3-5-8-16/h13-14,20H,2-11H2,1H3,(H,18,21). The number of nitrogens with zero attached hydrogens (tertiary/aromatic N) is 2. The van der Waals surface area contributed by atoms with Crippen molar-refractivity contribution in [3.05, 3.63) is 0 Å². The van der Waals surface area contributed by atoms with Crippen LogP contribution in [0.25, 0.3) is 0 Å². The van der Waals surface area contributed by atoms with Gasteiger partial charge in [0, 0.05) is 6.54 Å².